The fourth-order valence-electron chi connectivity index (χ4n) is 5.30. The first-order valence-corrected chi connectivity index (χ1v) is 17.1. The second kappa shape index (κ2) is 18.4. The number of nitrogens with zero attached hydrogens (tertiary/aromatic N) is 3. The number of carbonyl (C=O) groups is 3. The highest BCUT2D eigenvalue weighted by Crippen LogP contribution is 2.32. The van der Waals surface area contributed by atoms with Crippen molar-refractivity contribution in [3.63, 3.8) is 0 Å². The van der Waals surface area contributed by atoms with Gasteiger partial charge in [0.05, 0.1) is 23.9 Å². The third-order valence-corrected chi connectivity index (χ3v) is 8.75. The molecule has 0 aliphatic carbocycles. The molecule has 11 nitrogen and oxygen atoms in total. The number of thiazole rings is 1. The molecule has 12 heteroatoms. The number of carbonyl (C=O) groups excluding carboxylic acids is 3. The highest BCUT2D eigenvalue weighted by atomic mass is 32.1. The van der Waals surface area contributed by atoms with Crippen LogP contribution in [0.15, 0.2) is 70.8 Å². The number of aryl methyl sites for hydroxylation is 2. The number of aldehydes is 1. The van der Waals surface area contributed by atoms with Gasteiger partial charge in [0.15, 0.2) is 0 Å². The fourth-order valence-corrected chi connectivity index (χ4v) is 6.30. The summed E-state index contributed by atoms with van der Waals surface area (Å²) in [5.74, 6) is 0.539. The molecule has 2 aromatic carbocycles. The van der Waals surface area contributed by atoms with Gasteiger partial charge in [0.25, 0.3) is 0 Å². The van der Waals surface area contributed by atoms with E-state index in [1.54, 1.807) is 51.3 Å². The topological polar surface area (TPSA) is 147 Å². The van der Waals surface area contributed by atoms with E-state index >= 15 is 0 Å². The quantitative estimate of drug-likeness (QED) is 0.163. The van der Waals surface area contributed by atoms with Crippen molar-refractivity contribution >= 4 is 30.1 Å². The Labute approximate surface area is 293 Å². The molecule has 264 valence electrons. The lowest BCUT2D eigenvalue weighted by molar-refractivity contribution is -0.110. The summed E-state index contributed by atoms with van der Waals surface area (Å²) >= 11 is 1.80. The summed E-state index contributed by atoms with van der Waals surface area (Å²) in [5, 5.41) is 19.0. The Balaban J connectivity index is 0.000000212. The van der Waals surface area contributed by atoms with Crippen LogP contribution in [0.4, 0.5) is 4.79 Å². The van der Waals surface area contributed by atoms with Crippen molar-refractivity contribution in [2.75, 3.05) is 20.1 Å². The normalized spacial score (nSPS) is 16.1. The number of aliphatic hydroxyl groups is 1. The third-order valence-electron chi connectivity index (χ3n) is 7.69. The van der Waals surface area contributed by atoms with Gasteiger partial charge in [-0.05, 0) is 104 Å². The molecule has 49 heavy (non-hydrogen) atoms. The Bertz CT molecular complexity index is 1600. The van der Waals surface area contributed by atoms with Crippen LogP contribution in [0.5, 0.6) is 0 Å². The molecular weight excluding hydrogens is 643 g/mol. The third kappa shape index (κ3) is 12.9. The molecule has 2 aromatic heterocycles. The zero-order valence-corrected chi connectivity index (χ0v) is 30.3. The highest BCUT2D eigenvalue weighted by Gasteiger charge is 2.36. The lowest BCUT2D eigenvalue weighted by Crippen LogP contribution is -2.59. The molecular formula is C37H49N5O6S. The van der Waals surface area contributed by atoms with Gasteiger partial charge in [-0.2, -0.15) is 0 Å². The second-order valence-electron chi connectivity index (χ2n) is 13.3. The van der Waals surface area contributed by atoms with Gasteiger partial charge in [0.2, 0.25) is 12.3 Å². The van der Waals surface area contributed by atoms with Gasteiger partial charge in [-0.3, -0.25) is 14.5 Å². The van der Waals surface area contributed by atoms with Crippen molar-refractivity contribution in [2.24, 2.45) is 0 Å². The average Bonchev–Trinajstić information content (AvgIpc) is 3.82. The first-order chi connectivity index (χ1) is 23.2. The van der Waals surface area contributed by atoms with Gasteiger partial charge in [-0.15, -0.1) is 11.3 Å². The number of nitrogens with one attached hydrogen (secondary N) is 2. The predicted molar refractivity (Wildman–Crippen MR) is 192 cm³/mol. The molecule has 0 saturated carbocycles. The number of hydrogen-bond acceptors (Lipinski definition) is 10. The summed E-state index contributed by atoms with van der Waals surface area (Å²) in [7, 11) is 2.19. The van der Waals surface area contributed by atoms with E-state index in [0.717, 1.165) is 28.7 Å². The summed E-state index contributed by atoms with van der Waals surface area (Å²) in [6.07, 6.45) is 5.84. The number of hydrogen-bond donors (Lipinski definition) is 3. The molecule has 1 fully saturated rings. The van der Waals surface area contributed by atoms with Crippen LogP contribution >= 0.6 is 11.3 Å². The SMILES string of the molecule is CC(C)(C)OC(=O)NC(C)(Cc1ccccc1)C(O)CNC=O.Cc1cc(C=O)cc(-c2ncco2)c1.Cc1csc(C2CCCN2C)n1. The minimum Gasteiger partial charge on any atom is -0.445 e. The smallest absolute Gasteiger partial charge is 0.408 e. The first-order valence-electron chi connectivity index (χ1n) is 16.2. The molecule has 4 aromatic rings. The molecule has 3 N–H and O–H groups in total. The van der Waals surface area contributed by atoms with E-state index in [4.69, 9.17) is 9.15 Å². The summed E-state index contributed by atoms with van der Waals surface area (Å²) in [6.45, 7) is 12.3. The van der Waals surface area contributed by atoms with Gasteiger partial charge in [0, 0.05) is 28.7 Å². The molecule has 0 spiro atoms. The molecule has 0 radical (unpaired) electrons. The molecule has 3 heterocycles. The number of amides is 2. The van der Waals surface area contributed by atoms with Crippen molar-refractivity contribution in [1.29, 1.82) is 0 Å². The predicted octanol–water partition coefficient (Wildman–Crippen LogP) is 6.30. The van der Waals surface area contributed by atoms with Crippen molar-refractivity contribution < 1.29 is 28.6 Å². The monoisotopic (exact) mass is 691 g/mol. The number of likely N-dealkylation sites (tertiary alicyclic amines) is 1. The minimum absolute atomic E-state index is 0.0304. The van der Waals surface area contributed by atoms with Crippen molar-refractivity contribution in [1.82, 2.24) is 25.5 Å². The van der Waals surface area contributed by atoms with Crippen molar-refractivity contribution in [2.45, 2.75) is 84.1 Å². The zero-order valence-electron chi connectivity index (χ0n) is 29.4. The zero-order chi connectivity index (χ0) is 36.0. The van der Waals surface area contributed by atoms with Gasteiger partial charge >= 0.3 is 6.09 Å². The number of aliphatic hydroxyl groups excluding tert-OH is 1. The van der Waals surface area contributed by atoms with E-state index in [2.05, 4.69) is 44.9 Å². The van der Waals surface area contributed by atoms with Gasteiger partial charge in [0.1, 0.15) is 23.2 Å². The van der Waals surface area contributed by atoms with E-state index in [-0.39, 0.29) is 6.54 Å². The van der Waals surface area contributed by atoms with E-state index in [0.29, 0.717) is 30.3 Å². The maximum Gasteiger partial charge on any atom is 0.408 e. The largest absolute Gasteiger partial charge is 0.445 e. The molecule has 0 bridgehead atoms. The Morgan fingerprint density at radius 3 is 2.45 bits per heavy atom. The van der Waals surface area contributed by atoms with E-state index in [1.165, 1.54) is 30.7 Å². The lowest BCUT2D eigenvalue weighted by atomic mass is 9.87. The molecule has 2 amide bonds. The fraction of sp³-hybridized carbons (Fsp3) is 0.432. The first kappa shape index (κ1) is 39.1. The van der Waals surface area contributed by atoms with E-state index in [9.17, 15) is 19.5 Å². The maximum atomic E-state index is 12.1. The maximum absolute atomic E-state index is 12.1. The van der Waals surface area contributed by atoms with Crippen LogP contribution < -0.4 is 10.6 Å². The Morgan fingerprint density at radius 1 is 1.16 bits per heavy atom. The molecule has 1 aliphatic heterocycles. The standard InChI is InChI=1S/C17H26N2O4.C11H9NO2.C9H14N2S/c1-16(2,3)23-15(22)19-17(4,14(21)11-18-12-20)10-13-8-6-5-7-9-13;1-8-4-9(7-13)6-10(5-8)11-12-2-3-14-11;1-7-6-12-9(10-7)8-4-3-5-11(8)2/h5-9,12,14,21H,10-11H2,1-4H3,(H,18,20)(H,19,22);2-7H,1H3;6,8H,3-5H2,1-2H3. The molecule has 5 rings (SSSR count). The van der Waals surface area contributed by atoms with E-state index in [1.807, 2.05) is 49.4 Å². The number of oxazole rings is 1. The van der Waals surface area contributed by atoms with Crippen LogP contribution in [-0.4, -0.2) is 76.1 Å². The average molecular weight is 692 g/mol. The molecule has 1 aliphatic rings. The molecule has 1 saturated heterocycles. The Kier molecular flexibility index (Phi) is 14.7. The second-order valence-corrected chi connectivity index (χ2v) is 14.2. The van der Waals surface area contributed by atoms with Crippen LogP contribution in [0.25, 0.3) is 11.5 Å². The number of ether oxygens (including phenoxy) is 1. The number of rotatable bonds is 10. The van der Waals surface area contributed by atoms with Crippen molar-refractivity contribution in [3.05, 3.63) is 93.8 Å². The Morgan fingerprint density at radius 2 is 1.90 bits per heavy atom. The number of benzene rings is 2. The Hall–Kier alpha value is -4.39. The highest BCUT2D eigenvalue weighted by molar-refractivity contribution is 7.09. The summed E-state index contributed by atoms with van der Waals surface area (Å²) < 4.78 is 10.4. The minimum atomic E-state index is -0.986. The van der Waals surface area contributed by atoms with Crippen LogP contribution in [0.3, 0.4) is 0 Å². The summed E-state index contributed by atoms with van der Waals surface area (Å²) in [4.78, 5) is 44.1. The lowest BCUT2D eigenvalue weighted by Gasteiger charge is -2.36. The summed E-state index contributed by atoms with van der Waals surface area (Å²) in [6, 6.07) is 15.6. The van der Waals surface area contributed by atoms with Crippen LogP contribution in [-0.2, 0) is 16.0 Å². The van der Waals surface area contributed by atoms with Crippen molar-refractivity contribution in [3.8, 4) is 11.5 Å². The van der Waals surface area contributed by atoms with Crippen LogP contribution in [0.2, 0.25) is 0 Å². The van der Waals surface area contributed by atoms with Crippen LogP contribution in [0, 0.1) is 13.8 Å². The molecule has 3 atom stereocenters. The van der Waals surface area contributed by atoms with E-state index < -0.39 is 23.3 Å². The number of aromatic nitrogens is 2. The molecule has 3 unspecified atom stereocenters. The van der Waals surface area contributed by atoms with Gasteiger partial charge < -0.3 is 24.9 Å². The van der Waals surface area contributed by atoms with Gasteiger partial charge in [-0.25, -0.2) is 14.8 Å². The number of alkyl carbamates (subject to hydrolysis) is 1. The van der Waals surface area contributed by atoms with Crippen LogP contribution in [0.1, 0.15) is 78.8 Å². The summed E-state index contributed by atoms with van der Waals surface area (Å²) in [5.41, 5.74) is 2.98. The van der Waals surface area contributed by atoms with Gasteiger partial charge in [-0.1, -0.05) is 30.3 Å².